The van der Waals surface area contributed by atoms with Gasteiger partial charge in [0, 0.05) is 12.6 Å². The van der Waals surface area contributed by atoms with Crippen molar-refractivity contribution < 1.29 is 0 Å². The molecule has 1 aliphatic rings. The van der Waals surface area contributed by atoms with E-state index in [0.29, 0.717) is 0 Å². The SMILES string of the molecule is CCCNCCc1ccc(CN2CCCCC2C)cc1. The van der Waals surface area contributed by atoms with Crippen LogP contribution in [0.5, 0.6) is 0 Å². The van der Waals surface area contributed by atoms with E-state index in [1.807, 2.05) is 0 Å². The smallest absolute Gasteiger partial charge is 0.0236 e. The molecule has 1 heterocycles. The summed E-state index contributed by atoms with van der Waals surface area (Å²) in [4.78, 5) is 2.63. The number of hydrogen-bond donors (Lipinski definition) is 1. The van der Waals surface area contributed by atoms with Crippen LogP contribution in [0.2, 0.25) is 0 Å². The Balaban J connectivity index is 1.78. The lowest BCUT2D eigenvalue weighted by Gasteiger charge is -2.33. The molecular formula is C18H30N2. The first-order valence-corrected chi connectivity index (χ1v) is 8.32. The Morgan fingerprint density at radius 3 is 2.55 bits per heavy atom. The largest absolute Gasteiger partial charge is 0.316 e. The highest BCUT2D eigenvalue weighted by Gasteiger charge is 2.17. The maximum absolute atomic E-state index is 3.46. The van der Waals surface area contributed by atoms with E-state index >= 15 is 0 Å². The summed E-state index contributed by atoms with van der Waals surface area (Å²) in [5.41, 5.74) is 2.91. The van der Waals surface area contributed by atoms with Crippen molar-refractivity contribution in [3.8, 4) is 0 Å². The van der Waals surface area contributed by atoms with Gasteiger partial charge < -0.3 is 5.32 Å². The van der Waals surface area contributed by atoms with E-state index in [-0.39, 0.29) is 0 Å². The fraction of sp³-hybridized carbons (Fsp3) is 0.667. The van der Waals surface area contributed by atoms with Gasteiger partial charge in [-0.2, -0.15) is 0 Å². The van der Waals surface area contributed by atoms with Gasteiger partial charge in [-0.05, 0) is 63.4 Å². The number of piperidine rings is 1. The molecule has 0 saturated carbocycles. The van der Waals surface area contributed by atoms with Gasteiger partial charge in [0.2, 0.25) is 0 Å². The molecule has 0 spiro atoms. The summed E-state index contributed by atoms with van der Waals surface area (Å²) < 4.78 is 0. The van der Waals surface area contributed by atoms with Gasteiger partial charge in [-0.25, -0.2) is 0 Å². The molecule has 1 aromatic carbocycles. The third-order valence-corrected chi connectivity index (χ3v) is 4.37. The molecule has 0 aliphatic carbocycles. The normalized spacial score (nSPS) is 20.2. The van der Waals surface area contributed by atoms with Crippen molar-refractivity contribution in [1.82, 2.24) is 10.2 Å². The summed E-state index contributed by atoms with van der Waals surface area (Å²) in [6.45, 7) is 9.19. The molecule has 2 heteroatoms. The Hall–Kier alpha value is -0.860. The molecule has 1 saturated heterocycles. The third kappa shape index (κ3) is 4.92. The second-order valence-electron chi connectivity index (χ2n) is 6.13. The summed E-state index contributed by atoms with van der Waals surface area (Å²) >= 11 is 0. The summed E-state index contributed by atoms with van der Waals surface area (Å²) in [6.07, 6.45) is 6.49. The van der Waals surface area contributed by atoms with Crippen molar-refractivity contribution in [2.45, 2.75) is 58.5 Å². The van der Waals surface area contributed by atoms with Crippen molar-refractivity contribution in [3.63, 3.8) is 0 Å². The number of nitrogens with zero attached hydrogens (tertiary/aromatic N) is 1. The fourth-order valence-electron chi connectivity index (χ4n) is 2.97. The van der Waals surface area contributed by atoms with Crippen LogP contribution in [0.25, 0.3) is 0 Å². The fourth-order valence-corrected chi connectivity index (χ4v) is 2.97. The molecule has 0 bridgehead atoms. The monoisotopic (exact) mass is 274 g/mol. The van der Waals surface area contributed by atoms with Crippen LogP contribution in [0.1, 0.15) is 50.7 Å². The molecule has 0 aromatic heterocycles. The van der Waals surface area contributed by atoms with Gasteiger partial charge in [0.15, 0.2) is 0 Å². The molecule has 1 aliphatic heterocycles. The zero-order valence-corrected chi connectivity index (χ0v) is 13.2. The number of hydrogen-bond acceptors (Lipinski definition) is 2. The molecule has 1 aromatic rings. The first-order valence-electron chi connectivity index (χ1n) is 8.32. The summed E-state index contributed by atoms with van der Waals surface area (Å²) in [5, 5.41) is 3.46. The van der Waals surface area contributed by atoms with Crippen molar-refractivity contribution in [3.05, 3.63) is 35.4 Å². The first kappa shape index (κ1) is 15.5. The molecule has 1 fully saturated rings. The van der Waals surface area contributed by atoms with Crippen LogP contribution >= 0.6 is 0 Å². The second-order valence-corrected chi connectivity index (χ2v) is 6.13. The number of benzene rings is 1. The Labute approximate surface area is 124 Å². The minimum Gasteiger partial charge on any atom is -0.316 e. The van der Waals surface area contributed by atoms with Crippen LogP contribution in [0.3, 0.4) is 0 Å². The molecule has 1 atom stereocenters. The van der Waals surface area contributed by atoms with Crippen molar-refractivity contribution in [1.29, 1.82) is 0 Å². The lowest BCUT2D eigenvalue weighted by molar-refractivity contribution is 0.152. The molecule has 1 N–H and O–H groups in total. The van der Waals surface area contributed by atoms with Crippen LogP contribution in [0, 0.1) is 0 Å². The predicted octanol–water partition coefficient (Wildman–Crippen LogP) is 3.60. The summed E-state index contributed by atoms with van der Waals surface area (Å²) in [7, 11) is 0. The van der Waals surface area contributed by atoms with Crippen LogP contribution in [-0.4, -0.2) is 30.6 Å². The predicted molar refractivity (Wildman–Crippen MR) is 87.0 cm³/mol. The standard InChI is InChI=1S/C18H30N2/c1-3-12-19-13-11-17-7-9-18(10-8-17)15-20-14-5-4-6-16(20)2/h7-10,16,19H,3-6,11-15H2,1-2H3. The highest BCUT2D eigenvalue weighted by Crippen LogP contribution is 2.19. The molecule has 2 nitrogen and oxygen atoms in total. The molecule has 1 unspecified atom stereocenters. The molecule has 112 valence electrons. The Morgan fingerprint density at radius 2 is 1.85 bits per heavy atom. The van der Waals surface area contributed by atoms with Crippen LogP contribution < -0.4 is 5.32 Å². The number of likely N-dealkylation sites (tertiary alicyclic amines) is 1. The number of nitrogens with one attached hydrogen (secondary N) is 1. The maximum Gasteiger partial charge on any atom is 0.0236 e. The number of rotatable bonds is 7. The highest BCUT2D eigenvalue weighted by molar-refractivity contribution is 5.22. The van der Waals surface area contributed by atoms with E-state index in [1.165, 1.54) is 43.4 Å². The van der Waals surface area contributed by atoms with E-state index in [0.717, 1.165) is 32.1 Å². The molecule has 20 heavy (non-hydrogen) atoms. The van der Waals surface area contributed by atoms with Gasteiger partial charge >= 0.3 is 0 Å². The van der Waals surface area contributed by atoms with Crippen LogP contribution in [0.15, 0.2) is 24.3 Å². The van der Waals surface area contributed by atoms with E-state index in [1.54, 1.807) is 0 Å². The van der Waals surface area contributed by atoms with Gasteiger partial charge in [-0.1, -0.05) is 37.6 Å². The molecule has 0 radical (unpaired) electrons. The van der Waals surface area contributed by atoms with Gasteiger partial charge in [0.25, 0.3) is 0 Å². The van der Waals surface area contributed by atoms with E-state index in [4.69, 9.17) is 0 Å². The Morgan fingerprint density at radius 1 is 1.10 bits per heavy atom. The van der Waals surface area contributed by atoms with E-state index in [9.17, 15) is 0 Å². The molecule has 2 rings (SSSR count). The average molecular weight is 274 g/mol. The Kier molecular flexibility index (Phi) is 6.55. The van der Waals surface area contributed by atoms with Gasteiger partial charge in [-0.15, -0.1) is 0 Å². The minimum absolute atomic E-state index is 0.752. The quantitative estimate of drug-likeness (QED) is 0.764. The van der Waals surface area contributed by atoms with Crippen molar-refractivity contribution in [2.75, 3.05) is 19.6 Å². The van der Waals surface area contributed by atoms with Crippen LogP contribution in [-0.2, 0) is 13.0 Å². The van der Waals surface area contributed by atoms with Gasteiger partial charge in [0.05, 0.1) is 0 Å². The third-order valence-electron chi connectivity index (χ3n) is 4.37. The first-order chi connectivity index (χ1) is 9.79. The van der Waals surface area contributed by atoms with Crippen molar-refractivity contribution in [2.24, 2.45) is 0 Å². The van der Waals surface area contributed by atoms with Crippen LogP contribution in [0.4, 0.5) is 0 Å². The maximum atomic E-state index is 3.46. The van der Waals surface area contributed by atoms with E-state index in [2.05, 4.69) is 48.3 Å². The van der Waals surface area contributed by atoms with E-state index < -0.39 is 0 Å². The molecular weight excluding hydrogens is 244 g/mol. The van der Waals surface area contributed by atoms with Crippen molar-refractivity contribution >= 4 is 0 Å². The average Bonchev–Trinajstić information content (AvgIpc) is 2.48. The zero-order chi connectivity index (χ0) is 14.2. The topological polar surface area (TPSA) is 15.3 Å². The summed E-state index contributed by atoms with van der Waals surface area (Å²) in [6, 6.07) is 9.99. The minimum atomic E-state index is 0.752. The zero-order valence-electron chi connectivity index (χ0n) is 13.2. The lowest BCUT2D eigenvalue weighted by Crippen LogP contribution is -2.36. The lowest BCUT2D eigenvalue weighted by atomic mass is 10.0. The second kappa shape index (κ2) is 8.43. The Bertz CT molecular complexity index is 372. The summed E-state index contributed by atoms with van der Waals surface area (Å²) in [5.74, 6) is 0. The van der Waals surface area contributed by atoms with Gasteiger partial charge in [-0.3, -0.25) is 4.90 Å². The van der Waals surface area contributed by atoms with Gasteiger partial charge in [0.1, 0.15) is 0 Å². The molecule has 0 amide bonds. The highest BCUT2D eigenvalue weighted by atomic mass is 15.2.